The first-order chi connectivity index (χ1) is 19.1. The van der Waals surface area contributed by atoms with Crippen LogP contribution in [0.2, 0.25) is 10.0 Å². The summed E-state index contributed by atoms with van der Waals surface area (Å²) in [7, 11) is 0. The van der Waals surface area contributed by atoms with Crippen LogP contribution in [0.1, 0.15) is 18.1 Å². The minimum absolute atomic E-state index is 0.0367. The van der Waals surface area contributed by atoms with Gasteiger partial charge in [0.05, 0.1) is 17.3 Å². The molecule has 206 valence electrons. The van der Waals surface area contributed by atoms with Crippen LogP contribution in [-0.2, 0) is 14.4 Å². The lowest BCUT2D eigenvalue weighted by Gasteiger charge is -2.27. The molecular formula is C28H22Cl2FN3O6. The number of urea groups is 1. The standard InChI is InChI=1S/C28H22Cl2FN3O6/c1-3-39-23-13-16(12-21(30)25(23)40-14-24(35)32-18-9-7-17(31)8-10-18)11-19-26(36)33-28(38)34(27(19)37)22-6-4-5-20(29)15(22)2/h4-13H,3,14H2,1-2H3,(H,32,35)(H,33,36,38)/b19-11-. The Kier molecular flexibility index (Phi) is 8.71. The first kappa shape index (κ1) is 28.6. The molecule has 40 heavy (non-hydrogen) atoms. The molecular weight excluding hydrogens is 564 g/mol. The summed E-state index contributed by atoms with van der Waals surface area (Å²) in [4.78, 5) is 51.7. The van der Waals surface area contributed by atoms with E-state index in [0.717, 1.165) is 4.90 Å². The van der Waals surface area contributed by atoms with Crippen LogP contribution >= 0.6 is 23.2 Å². The zero-order valence-electron chi connectivity index (χ0n) is 21.2. The Labute approximate surface area is 238 Å². The monoisotopic (exact) mass is 585 g/mol. The van der Waals surface area contributed by atoms with Crippen molar-refractivity contribution in [2.24, 2.45) is 0 Å². The number of hydrogen-bond donors (Lipinski definition) is 2. The second-order valence-electron chi connectivity index (χ2n) is 8.45. The Morgan fingerprint density at radius 2 is 1.77 bits per heavy atom. The van der Waals surface area contributed by atoms with E-state index in [9.17, 15) is 23.6 Å². The minimum atomic E-state index is -0.909. The van der Waals surface area contributed by atoms with Crippen LogP contribution in [-0.4, -0.2) is 37.0 Å². The highest BCUT2D eigenvalue weighted by molar-refractivity contribution is 6.40. The molecule has 1 aliphatic rings. The Balaban J connectivity index is 1.60. The number of imide groups is 2. The van der Waals surface area contributed by atoms with Crippen molar-refractivity contribution in [1.82, 2.24) is 5.32 Å². The van der Waals surface area contributed by atoms with Crippen molar-refractivity contribution in [2.75, 3.05) is 23.4 Å². The van der Waals surface area contributed by atoms with E-state index in [1.807, 2.05) is 0 Å². The Bertz CT molecular complexity index is 1540. The molecule has 5 amide bonds. The SMILES string of the molecule is CCOc1cc(/C=C2/C(=O)NC(=O)N(c3cccc(Cl)c3C)C2=O)cc(Cl)c1OCC(=O)Nc1ccc(F)cc1. The molecule has 0 radical (unpaired) electrons. The summed E-state index contributed by atoms with van der Waals surface area (Å²) in [6.07, 6.45) is 1.26. The molecule has 0 atom stereocenters. The summed E-state index contributed by atoms with van der Waals surface area (Å²) in [5, 5.41) is 5.11. The van der Waals surface area contributed by atoms with Crippen molar-refractivity contribution >= 4 is 64.4 Å². The van der Waals surface area contributed by atoms with Gasteiger partial charge >= 0.3 is 6.03 Å². The van der Waals surface area contributed by atoms with Crippen molar-refractivity contribution in [1.29, 1.82) is 0 Å². The Morgan fingerprint density at radius 1 is 1.05 bits per heavy atom. The van der Waals surface area contributed by atoms with Crippen LogP contribution in [0, 0.1) is 12.7 Å². The van der Waals surface area contributed by atoms with Crippen molar-refractivity contribution in [3.8, 4) is 11.5 Å². The number of benzene rings is 3. The molecule has 9 nitrogen and oxygen atoms in total. The molecule has 0 spiro atoms. The molecule has 12 heteroatoms. The lowest BCUT2D eigenvalue weighted by molar-refractivity contribution is -0.122. The van der Waals surface area contributed by atoms with Crippen molar-refractivity contribution < 1.29 is 33.0 Å². The topological polar surface area (TPSA) is 114 Å². The van der Waals surface area contributed by atoms with Gasteiger partial charge in [0.25, 0.3) is 17.7 Å². The number of hydrogen-bond acceptors (Lipinski definition) is 6. The van der Waals surface area contributed by atoms with Gasteiger partial charge in [0.15, 0.2) is 18.1 Å². The van der Waals surface area contributed by atoms with Gasteiger partial charge in [-0.25, -0.2) is 14.1 Å². The highest BCUT2D eigenvalue weighted by atomic mass is 35.5. The molecule has 0 aromatic heterocycles. The number of carbonyl (C=O) groups is 4. The molecule has 0 bridgehead atoms. The summed E-state index contributed by atoms with van der Waals surface area (Å²) in [5.41, 5.74) is 1.05. The Morgan fingerprint density at radius 3 is 2.48 bits per heavy atom. The van der Waals surface area contributed by atoms with E-state index in [2.05, 4.69) is 10.6 Å². The summed E-state index contributed by atoms with van der Waals surface area (Å²) < 4.78 is 24.3. The third-order valence-corrected chi connectivity index (χ3v) is 6.39. The highest BCUT2D eigenvalue weighted by Gasteiger charge is 2.37. The maximum Gasteiger partial charge on any atom is 0.335 e. The molecule has 1 saturated heterocycles. The van der Waals surface area contributed by atoms with Gasteiger partial charge in [-0.05, 0) is 79.6 Å². The zero-order valence-corrected chi connectivity index (χ0v) is 22.7. The molecule has 2 N–H and O–H groups in total. The van der Waals surface area contributed by atoms with E-state index in [0.29, 0.717) is 21.8 Å². The summed E-state index contributed by atoms with van der Waals surface area (Å²) in [6.45, 7) is 3.14. The minimum Gasteiger partial charge on any atom is -0.490 e. The highest BCUT2D eigenvalue weighted by Crippen LogP contribution is 2.38. The summed E-state index contributed by atoms with van der Waals surface area (Å²) >= 11 is 12.6. The number of halogens is 3. The van der Waals surface area contributed by atoms with E-state index in [4.69, 9.17) is 32.7 Å². The first-order valence-electron chi connectivity index (χ1n) is 11.9. The predicted molar refractivity (Wildman–Crippen MR) is 148 cm³/mol. The van der Waals surface area contributed by atoms with Crippen LogP contribution in [0.4, 0.5) is 20.6 Å². The van der Waals surface area contributed by atoms with Gasteiger partial charge < -0.3 is 14.8 Å². The van der Waals surface area contributed by atoms with Crippen LogP contribution in [0.5, 0.6) is 11.5 Å². The third kappa shape index (κ3) is 6.24. The molecule has 1 fully saturated rings. The van der Waals surface area contributed by atoms with Gasteiger partial charge in [-0.1, -0.05) is 29.3 Å². The van der Waals surface area contributed by atoms with Crippen LogP contribution < -0.4 is 25.0 Å². The summed E-state index contributed by atoms with van der Waals surface area (Å²) in [6, 6.07) is 11.9. The quantitative estimate of drug-likeness (QED) is 0.265. The molecule has 3 aromatic carbocycles. The lowest BCUT2D eigenvalue weighted by Crippen LogP contribution is -2.54. The van der Waals surface area contributed by atoms with Gasteiger partial charge in [-0.15, -0.1) is 0 Å². The van der Waals surface area contributed by atoms with Gasteiger partial charge in [-0.3, -0.25) is 19.7 Å². The predicted octanol–water partition coefficient (Wildman–Crippen LogP) is 5.52. The lowest BCUT2D eigenvalue weighted by atomic mass is 10.1. The van der Waals surface area contributed by atoms with Crippen LogP contribution in [0.25, 0.3) is 6.08 Å². The number of nitrogens with zero attached hydrogens (tertiary/aromatic N) is 1. The number of barbiturate groups is 1. The van der Waals surface area contributed by atoms with Gasteiger partial charge in [0, 0.05) is 10.7 Å². The Hall–Kier alpha value is -4.41. The second kappa shape index (κ2) is 12.2. The third-order valence-electron chi connectivity index (χ3n) is 5.70. The smallest absolute Gasteiger partial charge is 0.335 e. The molecule has 1 heterocycles. The van der Waals surface area contributed by atoms with E-state index < -0.39 is 36.2 Å². The van der Waals surface area contributed by atoms with Crippen molar-refractivity contribution in [3.05, 3.63) is 87.2 Å². The van der Waals surface area contributed by atoms with Gasteiger partial charge in [0.2, 0.25) is 0 Å². The molecule has 0 saturated carbocycles. The number of amides is 5. The second-order valence-corrected chi connectivity index (χ2v) is 9.26. The van der Waals surface area contributed by atoms with Crippen LogP contribution in [0.15, 0.2) is 60.2 Å². The van der Waals surface area contributed by atoms with Crippen molar-refractivity contribution in [3.63, 3.8) is 0 Å². The van der Waals surface area contributed by atoms with Crippen LogP contribution in [0.3, 0.4) is 0 Å². The number of carbonyl (C=O) groups excluding carboxylic acids is 4. The average molecular weight is 586 g/mol. The van der Waals surface area contributed by atoms with E-state index >= 15 is 0 Å². The first-order valence-corrected chi connectivity index (χ1v) is 12.7. The number of anilines is 2. The fourth-order valence-corrected chi connectivity index (χ4v) is 4.27. The van der Waals surface area contributed by atoms with E-state index in [1.54, 1.807) is 26.0 Å². The number of rotatable bonds is 8. The molecule has 3 aromatic rings. The maximum absolute atomic E-state index is 13.3. The zero-order chi connectivity index (χ0) is 29.0. The van der Waals surface area contributed by atoms with E-state index in [1.165, 1.54) is 48.5 Å². The largest absolute Gasteiger partial charge is 0.490 e. The average Bonchev–Trinajstić information content (AvgIpc) is 2.90. The fourth-order valence-electron chi connectivity index (χ4n) is 3.82. The van der Waals surface area contributed by atoms with E-state index in [-0.39, 0.29) is 34.4 Å². The molecule has 1 aliphatic heterocycles. The molecule has 0 aliphatic carbocycles. The fraction of sp³-hybridized carbons (Fsp3) is 0.143. The molecule has 0 unspecified atom stereocenters. The number of nitrogens with one attached hydrogen (secondary N) is 2. The normalized spacial score (nSPS) is 14.3. The van der Waals surface area contributed by atoms with Gasteiger partial charge in [-0.2, -0.15) is 0 Å². The summed E-state index contributed by atoms with van der Waals surface area (Å²) in [5.74, 6) is -2.50. The molecule has 4 rings (SSSR count). The number of ether oxygens (including phenoxy) is 2. The maximum atomic E-state index is 13.3. The van der Waals surface area contributed by atoms with Gasteiger partial charge in [0.1, 0.15) is 11.4 Å². The van der Waals surface area contributed by atoms with Crippen molar-refractivity contribution in [2.45, 2.75) is 13.8 Å².